The fraction of sp³-hybridized carbons (Fsp3) is 0.238. The van der Waals surface area contributed by atoms with Crippen molar-refractivity contribution in [2.45, 2.75) is 0 Å². The van der Waals surface area contributed by atoms with Gasteiger partial charge in [0.25, 0.3) is 5.91 Å². The van der Waals surface area contributed by atoms with Gasteiger partial charge in [-0.3, -0.25) is 9.69 Å². The first kappa shape index (κ1) is 22.3. The van der Waals surface area contributed by atoms with Gasteiger partial charge in [0, 0.05) is 7.05 Å². The Kier molecular flexibility index (Phi) is 7.47. The van der Waals surface area contributed by atoms with Gasteiger partial charge in [-0.15, -0.1) is 0 Å². The van der Waals surface area contributed by atoms with Crippen molar-refractivity contribution in [2.24, 2.45) is 0 Å². The topological polar surface area (TPSA) is 57.2 Å². The zero-order valence-electron chi connectivity index (χ0n) is 16.6. The molecule has 6 nitrogen and oxygen atoms in total. The second kappa shape index (κ2) is 10.1. The average molecular weight is 466 g/mol. The zero-order valence-corrected chi connectivity index (χ0v) is 19.0. The lowest BCUT2D eigenvalue weighted by Gasteiger charge is -2.14. The largest absolute Gasteiger partial charge is 0.497 e. The number of thiocarbonyl (C=S) groups is 1. The smallest absolute Gasteiger partial charge is 0.265 e. The molecule has 0 unspecified atom stereocenters. The Hall–Kier alpha value is -2.42. The van der Waals surface area contributed by atoms with E-state index in [2.05, 4.69) is 0 Å². The molecule has 2 aromatic rings. The van der Waals surface area contributed by atoms with Crippen molar-refractivity contribution in [3.8, 4) is 23.0 Å². The number of benzene rings is 2. The first-order valence-electron chi connectivity index (χ1n) is 8.91. The molecule has 1 heterocycles. The van der Waals surface area contributed by atoms with Crippen molar-refractivity contribution < 1.29 is 23.7 Å². The summed E-state index contributed by atoms with van der Waals surface area (Å²) in [4.78, 5) is 14.2. The van der Waals surface area contributed by atoms with Crippen molar-refractivity contribution in [1.82, 2.24) is 4.90 Å². The molecule has 0 aliphatic carbocycles. The summed E-state index contributed by atoms with van der Waals surface area (Å²) >= 11 is 12.8. The van der Waals surface area contributed by atoms with Gasteiger partial charge in [0.1, 0.15) is 29.0 Å². The molecule has 1 aliphatic heterocycles. The predicted molar refractivity (Wildman–Crippen MR) is 123 cm³/mol. The van der Waals surface area contributed by atoms with E-state index in [0.717, 1.165) is 5.75 Å². The highest BCUT2D eigenvalue weighted by molar-refractivity contribution is 8.26. The lowest BCUT2D eigenvalue weighted by molar-refractivity contribution is -0.121. The lowest BCUT2D eigenvalue weighted by atomic mass is 10.2. The fourth-order valence-electron chi connectivity index (χ4n) is 2.64. The molecule has 1 saturated heterocycles. The standard InChI is InChI=1S/C21H20ClNO5S2/c1-23-20(24)18(30-21(23)29)12-13-10-16(22)19(17(11-13)26-3)28-9-8-27-15-6-4-14(25-2)5-7-15/h4-7,10-12H,8-9H2,1-3H3/b18-12-. The number of halogens is 1. The summed E-state index contributed by atoms with van der Waals surface area (Å²) in [6.45, 7) is 0.600. The van der Waals surface area contributed by atoms with E-state index in [1.165, 1.54) is 23.8 Å². The number of methoxy groups -OCH3 is 2. The number of hydrogen-bond donors (Lipinski definition) is 0. The van der Waals surface area contributed by atoms with E-state index in [-0.39, 0.29) is 12.5 Å². The number of thioether (sulfide) groups is 1. The number of likely N-dealkylation sites (N-methyl/N-ethyl adjacent to an activating group) is 1. The number of nitrogens with zero attached hydrogens (tertiary/aromatic N) is 1. The molecule has 0 N–H and O–H groups in total. The molecule has 1 fully saturated rings. The summed E-state index contributed by atoms with van der Waals surface area (Å²) in [6.07, 6.45) is 1.73. The van der Waals surface area contributed by atoms with Crippen LogP contribution >= 0.6 is 35.6 Å². The van der Waals surface area contributed by atoms with Gasteiger partial charge < -0.3 is 18.9 Å². The molecule has 1 amide bonds. The highest BCUT2D eigenvalue weighted by atomic mass is 35.5. The van der Waals surface area contributed by atoms with Gasteiger partial charge in [-0.25, -0.2) is 0 Å². The van der Waals surface area contributed by atoms with Gasteiger partial charge >= 0.3 is 0 Å². The number of carbonyl (C=O) groups excluding carboxylic acids is 1. The van der Waals surface area contributed by atoms with Crippen LogP contribution in [0.3, 0.4) is 0 Å². The minimum absolute atomic E-state index is 0.143. The average Bonchev–Trinajstić information content (AvgIpc) is 2.98. The number of carbonyl (C=O) groups is 1. The van der Waals surface area contributed by atoms with E-state index in [0.29, 0.717) is 43.7 Å². The third kappa shape index (κ3) is 5.19. The first-order valence-corrected chi connectivity index (χ1v) is 10.5. The van der Waals surface area contributed by atoms with Crippen LogP contribution in [0, 0.1) is 0 Å². The third-order valence-corrected chi connectivity index (χ3v) is 5.96. The second-order valence-corrected chi connectivity index (χ2v) is 8.23. The first-order chi connectivity index (χ1) is 14.4. The van der Waals surface area contributed by atoms with E-state index in [1.54, 1.807) is 32.4 Å². The molecule has 1 aliphatic rings. The molecular formula is C21H20ClNO5S2. The van der Waals surface area contributed by atoms with Gasteiger partial charge in [-0.05, 0) is 48.0 Å². The SMILES string of the molecule is COc1ccc(OCCOc2c(Cl)cc(/C=C3\SC(=S)N(C)C3=O)cc2OC)cc1. The zero-order chi connectivity index (χ0) is 21.7. The molecule has 0 radical (unpaired) electrons. The van der Waals surface area contributed by atoms with Gasteiger partial charge in [0.15, 0.2) is 11.5 Å². The maximum atomic E-state index is 12.2. The van der Waals surface area contributed by atoms with Gasteiger partial charge in [0.05, 0.1) is 24.1 Å². The molecule has 2 aromatic carbocycles. The second-order valence-electron chi connectivity index (χ2n) is 6.15. The Morgan fingerprint density at radius 3 is 2.33 bits per heavy atom. The fourth-order valence-corrected chi connectivity index (χ4v) is 4.09. The van der Waals surface area contributed by atoms with Crippen LogP contribution in [-0.4, -0.2) is 49.6 Å². The highest BCUT2D eigenvalue weighted by Crippen LogP contribution is 2.38. The molecule has 0 aromatic heterocycles. The maximum Gasteiger partial charge on any atom is 0.265 e. The van der Waals surface area contributed by atoms with Crippen molar-refractivity contribution >= 4 is 51.9 Å². The summed E-state index contributed by atoms with van der Waals surface area (Å²) in [5, 5.41) is 0.372. The van der Waals surface area contributed by atoms with Gasteiger partial charge in [-0.1, -0.05) is 35.6 Å². The Morgan fingerprint density at radius 2 is 1.73 bits per heavy atom. The molecule has 0 atom stereocenters. The molecule has 9 heteroatoms. The highest BCUT2D eigenvalue weighted by Gasteiger charge is 2.28. The Balaban J connectivity index is 1.65. The van der Waals surface area contributed by atoms with Crippen LogP contribution in [0.5, 0.6) is 23.0 Å². The molecule has 0 spiro atoms. The lowest BCUT2D eigenvalue weighted by Crippen LogP contribution is -2.22. The Morgan fingerprint density at radius 1 is 1.07 bits per heavy atom. The minimum Gasteiger partial charge on any atom is -0.497 e. The predicted octanol–water partition coefficient (Wildman–Crippen LogP) is 4.65. The quantitative estimate of drug-likeness (QED) is 0.319. The van der Waals surface area contributed by atoms with Crippen molar-refractivity contribution in [3.05, 3.63) is 51.9 Å². The van der Waals surface area contributed by atoms with Crippen molar-refractivity contribution in [1.29, 1.82) is 0 Å². The van der Waals surface area contributed by atoms with Crippen molar-refractivity contribution in [3.63, 3.8) is 0 Å². The maximum absolute atomic E-state index is 12.2. The van der Waals surface area contributed by atoms with Crippen LogP contribution in [0.2, 0.25) is 5.02 Å². The van der Waals surface area contributed by atoms with E-state index in [1.807, 2.05) is 24.3 Å². The molecular weight excluding hydrogens is 446 g/mol. The van der Waals surface area contributed by atoms with E-state index < -0.39 is 0 Å². The Bertz CT molecular complexity index is 978. The van der Waals surface area contributed by atoms with Crippen LogP contribution in [0.15, 0.2) is 41.3 Å². The summed E-state index contributed by atoms with van der Waals surface area (Å²) < 4.78 is 22.5. The van der Waals surface area contributed by atoms with Crippen LogP contribution in [-0.2, 0) is 4.79 Å². The summed E-state index contributed by atoms with van der Waals surface area (Å²) in [5.74, 6) is 2.20. The van der Waals surface area contributed by atoms with Crippen LogP contribution in [0.4, 0.5) is 0 Å². The minimum atomic E-state index is -0.143. The Labute approximate surface area is 189 Å². The normalized spacial score (nSPS) is 14.9. The number of ether oxygens (including phenoxy) is 4. The molecule has 3 rings (SSSR count). The van der Waals surface area contributed by atoms with Gasteiger partial charge in [-0.2, -0.15) is 0 Å². The number of hydrogen-bond acceptors (Lipinski definition) is 7. The molecule has 0 bridgehead atoms. The number of amides is 1. The molecule has 30 heavy (non-hydrogen) atoms. The molecule has 158 valence electrons. The van der Waals surface area contributed by atoms with Crippen molar-refractivity contribution in [2.75, 3.05) is 34.5 Å². The number of rotatable bonds is 8. The van der Waals surface area contributed by atoms with Crippen LogP contribution in [0.25, 0.3) is 6.08 Å². The van der Waals surface area contributed by atoms with Crippen LogP contribution < -0.4 is 18.9 Å². The van der Waals surface area contributed by atoms with E-state index in [4.69, 9.17) is 42.8 Å². The summed E-state index contributed by atoms with van der Waals surface area (Å²) in [6, 6.07) is 10.8. The third-order valence-electron chi connectivity index (χ3n) is 4.19. The van der Waals surface area contributed by atoms with Crippen LogP contribution in [0.1, 0.15) is 5.56 Å². The summed E-state index contributed by atoms with van der Waals surface area (Å²) in [7, 11) is 4.79. The monoisotopic (exact) mass is 465 g/mol. The van der Waals surface area contributed by atoms with E-state index in [9.17, 15) is 4.79 Å². The molecule has 0 saturated carbocycles. The summed E-state index contributed by atoms with van der Waals surface area (Å²) in [5.41, 5.74) is 0.715. The van der Waals surface area contributed by atoms with E-state index >= 15 is 0 Å². The van der Waals surface area contributed by atoms with Gasteiger partial charge in [0.2, 0.25) is 0 Å².